The van der Waals surface area contributed by atoms with Crippen LogP contribution in [-0.4, -0.2) is 18.4 Å². The van der Waals surface area contributed by atoms with E-state index in [0.717, 1.165) is 12.0 Å². The maximum Gasteiger partial charge on any atom is 0.204 e. The van der Waals surface area contributed by atoms with Gasteiger partial charge in [0.2, 0.25) is 14.0 Å². The summed E-state index contributed by atoms with van der Waals surface area (Å²) in [4.78, 5) is 12.1. The third-order valence-electron chi connectivity index (χ3n) is 3.09. The molecule has 0 saturated carbocycles. The number of sulfone groups is 1. The van der Waals surface area contributed by atoms with Crippen molar-refractivity contribution in [3.8, 4) is 0 Å². The molecule has 106 valence electrons. The lowest BCUT2D eigenvalue weighted by molar-refractivity contribution is -0.119. The lowest BCUT2D eigenvalue weighted by Gasteiger charge is -2.21. The van der Waals surface area contributed by atoms with Crippen LogP contribution in [0.5, 0.6) is 0 Å². The number of rotatable bonds is 6. The summed E-state index contributed by atoms with van der Waals surface area (Å²) in [5.74, 6) is -0.448. The van der Waals surface area contributed by atoms with Crippen LogP contribution in [0.2, 0.25) is 0 Å². The number of benzene rings is 1. The SMILES string of the molecule is CCCCC(=O)[C@@](C)(Cl)S(=O)(=O)c1ccc(C)cc1. The van der Waals surface area contributed by atoms with E-state index in [-0.39, 0.29) is 11.3 Å². The Bertz CT molecular complexity index is 545. The quantitative estimate of drug-likeness (QED) is 0.756. The number of alkyl halides is 1. The topological polar surface area (TPSA) is 51.2 Å². The number of Topliss-reactive ketones (excluding diaryl/α,β-unsaturated/α-hetero) is 1. The normalized spacial score (nSPS) is 14.9. The molecule has 0 aliphatic heterocycles. The zero-order valence-electron chi connectivity index (χ0n) is 11.4. The molecule has 0 saturated heterocycles. The van der Waals surface area contributed by atoms with Crippen molar-refractivity contribution in [1.82, 2.24) is 0 Å². The Kier molecular flexibility index (Phi) is 5.16. The molecule has 0 aromatic heterocycles. The van der Waals surface area contributed by atoms with Crippen LogP contribution in [0.1, 0.15) is 38.7 Å². The minimum atomic E-state index is -3.87. The Morgan fingerprint density at radius 3 is 2.26 bits per heavy atom. The summed E-state index contributed by atoms with van der Waals surface area (Å²) in [6.07, 6.45) is 1.65. The van der Waals surface area contributed by atoms with E-state index in [1.54, 1.807) is 12.1 Å². The predicted molar refractivity (Wildman–Crippen MR) is 77.2 cm³/mol. The first-order chi connectivity index (χ1) is 8.73. The second-order valence-corrected chi connectivity index (χ2v) is 8.03. The van der Waals surface area contributed by atoms with Crippen molar-refractivity contribution in [2.45, 2.75) is 49.1 Å². The Morgan fingerprint density at radius 2 is 1.79 bits per heavy atom. The highest BCUT2D eigenvalue weighted by atomic mass is 35.5. The first-order valence-electron chi connectivity index (χ1n) is 6.27. The van der Waals surface area contributed by atoms with Crippen molar-refractivity contribution < 1.29 is 13.2 Å². The second kappa shape index (κ2) is 6.06. The van der Waals surface area contributed by atoms with Gasteiger partial charge in [0.25, 0.3) is 0 Å². The maximum atomic E-state index is 12.4. The molecule has 0 aliphatic rings. The van der Waals surface area contributed by atoms with Crippen LogP contribution in [0, 0.1) is 6.92 Å². The summed E-state index contributed by atoms with van der Waals surface area (Å²) in [7, 11) is -3.87. The van der Waals surface area contributed by atoms with E-state index in [4.69, 9.17) is 11.6 Å². The standard InChI is InChI=1S/C14H19ClO3S/c1-4-5-6-13(16)14(3,15)19(17,18)12-9-7-11(2)8-10-12/h7-10H,4-6H2,1-3H3/t14-/m0/s1. The lowest BCUT2D eigenvalue weighted by atomic mass is 10.1. The molecule has 0 bridgehead atoms. The largest absolute Gasteiger partial charge is 0.297 e. The number of unbranched alkanes of at least 4 members (excludes halogenated alkanes) is 1. The van der Waals surface area contributed by atoms with Crippen molar-refractivity contribution in [2.24, 2.45) is 0 Å². The van der Waals surface area contributed by atoms with E-state index in [0.29, 0.717) is 6.42 Å². The molecule has 0 heterocycles. The number of hydrogen-bond donors (Lipinski definition) is 0. The third kappa shape index (κ3) is 3.37. The van der Waals surface area contributed by atoms with Gasteiger partial charge >= 0.3 is 0 Å². The monoisotopic (exact) mass is 302 g/mol. The molecule has 1 aromatic carbocycles. The molecule has 5 heteroatoms. The molecular weight excluding hydrogens is 284 g/mol. The van der Waals surface area contributed by atoms with E-state index in [2.05, 4.69) is 0 Å². The van der Waals surface area contributed by atoms with Crippen molar-refractivity contribution in [2.75, 3.05) is 0 Å². The highest BCUT2D eigenvalue weighted by Gasteiger charge is 2.44. The van der Waals surface area contributed by atoms with Crippen LogP contribution < -0.4 is 0 Å². The van der Waals surface area contributed by atoms with E-state index in [9.17, 15) is 13.2 Å². The lowest BCUT2D eigenvalue weighted by Crippen LogP contribution is -2.38. The molecule has 0 radical (unpaired) electrons. The second-order valence-electron chi connectivity index (χ2n) is 4.76. The van der Waals surface area contributed by atoms with Gasteiger partial charge in [-0.2, -0.15) is 0 Å². The average molecular weight is 303 g/mol. The highest BCUT2D eigenvalue weighted by Crippen LogP contribution is 2.32. The predicted octanol–water partition coefficient (Wildman–Crippen LogP) is 3.48. The molecular formula is C14H19ClO3S. The minimum absolute atomic E-state index is 0.0837. The third-order valence-corrected chi connectivity index (χ3v) is 6.04. The summed E-state index contributed by atoms with van der Waals surface area (Å²) in [5, 5.41) is 0. The van der Waals surface area contributed by atoms with Crippen LogP contribution in [0.3, 0.4) is 0 Å². The first-order valence-corrected chi connectivity index (χ1v) is 8.13. The molecule has 1 rings (SSSR count). The minimum Gasteiger partial charge on any atom is -0.297 e. The fourth-order valence-electron chi connectivity index (χ4n) is 1.65. The van der Waals surface area contributed by atoms with E-state index in [1.807, 2.05) is 13.8 Å². The molecule has 0 spiro atoms. The maximum absolute atomic E-state index is 12.4. The van der Waals surface area contributed by atoms with Gasteiger partial charge in [-0.05, 0) is 32.4 Å². The van der Waals surface area contributed by atoms with Crippen LogP contribution in [-0.2, 0) is 14.6 Å². The van der Waals surface area contributed by atoms with Gasteiger partial charge in [0.1, 0.15) is 0 Å². The summed E-state index contributed by atoms with van der Waals surface area (Å²) in [6.45, 7) is 5.07. The number of aryl methyl sites for hydroxylation is 1. The smallest absolute Gasteiger partial charge is 0.204 e. The molecule has 1 aromatic rings. The van der Waals surface area contributed by atoms with E-state index in [1.165, 1.54) is 19.1 Å². The summed E-state index contributed by atoms with van der Waals surface area (Å²) in [5.41, 5.74) is 0.951. The van der Waals surface area contributed by atoms with E-state index >= 15 is 0 Å². The van der Waals surface area contributed by atoms with Gasteiger partial charge in [-0.15, -0.1) is 0 Å². The summed E-state index contributed by atoms with van der Waals surface area (Å²) < 4.78 is 22.9. The van der Waals surface area contributed by atoms with Crippen molar-refractivity contribution in [3.05, 3.63) is 29.8 Å². The van der Waals surface area contributed by atoms with Gasteiger partial charge in [0.05, 0.1) is 4.90 Å². The van der Waals surface area contributed by atoms with Gasteiger partial charge in [-0.25, -0.2) is 8.42 Å². The fourth-order valence-corrected chi connectivity index (χ4v) is 3.35. The number of carbonyl (C=O) groups excluding carboxylic acids is 1. The summed E-state index contributed by atoms with van der Waals surface area (Å²) in [6, 6.07) is 6.35. The fraction of sp³-hybridized carbons (Fsp3) is 0.500. The Morgan fingerprint density at radius 1 is 1.26 bits per heavy atom. The number of halogens is 1. The van der Waals surface area contributed by atoms with Crippen LogP contribution >= 0.6 is 11.6 Å². The van der Waals surface area contributed by atoms with Gasteiger partial charge < -0.3 is 0 Å². The number of hydrogen-bond acceptors (Lipinski definition) is 3. The Labute approximate surface area is 119 Å². The van der Waals surface area contributed by atoms with Crippen LogP contribution in [0.15, 0.2) is 29.2 Å². The van der Waals surface area contributed by atoms with Gasteiger partial charge in [0.15, 0.2) is 5.78 Å². The molecule has 0 amide bonds. The molecule has 0 unspecified atom stereocenters. The molecule has 19 heavy (non-hydrogen) atoms. The molecule has 0 aliphatic carbocycles. The molecule has 1 atom stereocenters. The Balaban J connectivity index is 3.11. The molecule has 3 nitrogen and oxygen atoms in total. The van der Waals surface area contributed by atoms with Gasteiger partial charge in [-0.3, -0.25) is 4.79 Å². The average Bonchev–Trinajstić information content (AvgIpc) is 2.36. The first kappa shape index (κ1) is 16.2. The van der Waals surface area contributed by atoms with Crippen LogP contribution in [0.25, 0.3) is 0 Å². The molecule has 0 N–H and O–H groups in total. The number of carbonyl (C=O) groups is 1. The van der Waals surface area contributed by atoms with Crippen molar-refractivity contribution >= 4 is 27.2 Å². The van der Waals surface area contributed by atoms with Gasteiger partial charge in [0, 0.05) is 6.42 Å². The Hall–Kier alpha value is -0.870. The zero-order valence-corrected chi connectivity index (χ0v) is 13.0. The highest BCUT2D eigenvalue weighted by molar-refractivity contribution is 7.95. The summed E-state index contributed by atoms with van der Waals surface area (Å²) >= 11 is 6.05. The van der Waals surface area contributed by atoms with Crippen molar-refractivity contribution in [1.29, 1.82) is 0 Å². The zero-order chi connectivity index (χ0) is 14.7. The van der Waals surface area contributed by atoms with Gasteiger partial charge in [-0.1, -0.05) is 42.6 Å². The van der Waals surface area contributed by atoms with Crippen LogP contribution in [0.4, 0.5) is 0 Å². The van der Waals surface area contributed by atoms with E-state index < -0.39 is 19.8 Å². The molecule has 0 fully saturated rings. The number of ketones is 1. The van der Waals surface area contributed by atoms with Crippen molar-refractivity contribution in [3.63, 3.8) is 0 Å².